The fraction of sp³-hybridized carbons (Fsp3) is 0.364. The summed E-state index contributed by atoms with van der Waals surface area (Å²) in [6.45, 7) is 0.750. The molecule has 0 radical (unpaired) electrons. The number of H-pyrrole nitrogens is 1. The number of aromatic amines is 1. The Labute approximate surface area is 121 Å². The molecular formula is C11H15N3O3S2. The third-order valence-electron chi connectivity index (χ3n) is 2.13. The van der Waals surface area contributed by atoms with Crippen LogP contribution in [0.15, 0.2) is 16.9 Å². The highest BCUT2D eigenvalue weighted by molar-refractivity contribution is 7.80. The molecule has 19 heavy (non-hydrogen) atoms. The summed E-state index contributed by atoms with van der Waals surface area (Å²) in [5, 5.41) is 5.11. The lowest BCUT2D eigenvalue weighted by atomic mass is 10.2. The molecule has 0 unspecified atom stereocenters. The lowest BCUT2D eigenvalue weighted by Crippen LogP contribution is -2.31. The molecule has 0 spiro atoms. The van der Waals surface area contributed by atoms with E-state index < -0.39 is 17.2 Å². The van der Waals surface area contributed by atoms with E-state index in [1.54, 1.807) is 0 Å². The van der Waals surface area contributed by atoms with Crippen LogP contribution in [0.1, 0.15) is 21.0 Å². The van der Waals surface area contributed by atoms with Crippen molar-refractivity contribution in [3.8, 4) is 0 Å². The standard InChI is InChI=1S/C11H15N3O3S2/c15-7-5-8(10(16)12-1-3-18)14-9(6-7)11(17)13-2-4-19/h5-6,18-19H,1-4H2,(H,12,16)(H,13,17)(H,14,15). The molecule has 1 rings (SSSR count). The van der Waals surface area contributed by atoms with Gasteiger partial charge in [0.25, 0.3) is 11.8 Å². The molecule has 8 heteroatoms. The van der Waals surface area contributed by atoms with Gasteiger partial charge in [-0.15, -0.1) is 0 Å². The van der Waals surface area contributed by atoms with E-state index in [2.05, 4.69) is 40.9 Å². The summed E-state index contributed by atoms with van der Waals surface area (Å²) < 4.78 is 0. The van der Waals surface area contributed by atoms with Crippen LogP contribution in [0.4, 0.5) is 0 Å². The zero-order valence-electron chi connectivity index (χ0n) is 10.1. The van der Waals surface area contributed by atoms with E-state index in [9.17, 15) is 14.4 Å². The van der Waals surface area contributed by atoms with Crippen molar-refractivity contribution in [3.05, 3.63) is 33.7 Å². The van der Waals surface area contributed by atoms with Crippen LogP contribution in [0.5, 0.6) is 0 Å². The molecule has 1 heterocycles. The Kier molecular flexibility index (Phi) is 6.51. The van der Waals surface area contributed by atoms with E-state index in [0.717, 1.165) is 12.1 Å². The van der Waals surface area contributed by atoms with Gasteiger partial charge in [0.2, 0.25) is 0 Å². The van der Waals surface area contributed by atoms with Gasteiger partial charge in [0, 0.05) is 36.7 Å². The molecule has 1 aromatic heterocycles. The van der Waals surface area contributed by atoms with Crippen molar-refractivity contribution in [1.82, 2.24) is 15.6 Å². The third-order valence-corrected chi connectivity index (χ3v) is 2.57. The molecule has 0 aliphatic carbocycles. The predicted octanol–water partition coefficient (Wildman–Crippen LogP) is -0.306. The van der Waals surface area contributed by atoms with E-state index in [-0.39, 0.29) is 11.4 Å². The van der Waals surface area contributed by atoms with Crippen molar-refractivity contribution in [2.75, 3.05) is 24.6 Å². The maximum absolute atomic E-state index is 11.7. The highest BCUT2D eigenvalue weighted by atomic mass is 32.1. The zero-order valence-corrected chi connectivity index (χ0v) is 11.9. The van der Waals surface area contributed by atoms with Gasteiger partial charge in [-0.1, -0.05) is 0 Å². The van der Waals surface area contributed by atoms with Gasteiger partial charge in [-0.25, -0.2) is 0 Å². The number of rotatable bonds is 6. The van der Waals surface area contributed by atoms with Gasteiger partial charge in [0.1, 0.15) is 11.4 Å². The molecule has 0 bridgehead atoms. The highest BCUT2D eigenvalue weighted by Crippen LogP contribution is 1.96. The molecule has 1 aromatic rings. The van der Waals surface area contributed by atoms with Gasteiger partial charge in [-0.2, -0.15) is 25.3 Å². The maximum Gasteiger partial charge on any atom is 0.267 e. The molecule has 0 saturated heterocycles. The van der Waals surface area contributed by atoms with Gasteiger partial charge < -0.3 is 15.6 Å². The molecule has 6 nitrogen and oxygen atoms in total. The van der Waals surface area contributed by atoms with E-state index >= 15 is 0 Å². The van der Waals surface area contributed by atoms with Crippen molar-refractivity contribution < 1.29 is 9.59 Å². The minimum Gasteiger partial charge on any atom is -0.350 e. The minimum absolute atomic E-state index is 0.0466. The van der Waals surface area contributed by atoms with Crippen molar-refractivity contribution in [3.63, 3.8) is 0 Å². The first kappa shape index (κ1) is 15.6. The Morgan fingerprint density at radius 1 is 1.00 bits per heavy atom. The fourth-order valence-electron chi connectivity index (χ4n) is 1.32. The molecule has 0 aliphatic rings. The summed E-state index contributed by atoms with van der Waals surface area (Å²) in [5.41, 5.74) is -0.318. The number of amides is 2. The van der Waals surface area contributed by atoms with Crippen molar-refractivity contribution in [2.45, 2.75) is 0 Å². The van der Waals surface area contributed by atoms with Crippen molar-refractivity contribution >= 4 is 37.1 Å². The molecule has 0 atom stereocenters. The predicted molar refractivity (Wildman–Crippen MR) is 79.4 cm³/mol. The lowest BCUT2D eigenvalue weighted by molar-refractivity contribution is 0.0947. The Balaban J connectivity index is 2.90. The average Bonchev–Trinajstić information content (AvgIpc) is 2.41. The van der Waals surface area contributed by atoms with E-state index in [1.165, 1.54) is 0 Å². The first-order valence-corrected chi connectivity index (χ1v) is 6.87. The number of nitrogens with one attached hydrogen (secondary N) is 3. The largest absolute Gasteiger partial charge is 0.350 e. The van der Waals surface area contributed by atoms with E-state index in [0.29, 0.717) is 24.6 Å². The third kappa shape index (κ3) is 4.99. The van der Waals surface area contributed by atoms with Crippen molar-refractivity contribution in [1.29, 1.82) is 0 Å². The molecule has 0 aliphatic heterocycles. The summed E-state index contributed by atoms with van der Waals surface area (Å²) in [6.07, 6.45) is 0. The second kappa shape index (κ2) is 7.90. The van der Waals surface area contributed by atoms with Crippen LogP contribution in [0.2, 0.25) is 0 Å². The normalized spacial score (nSPS) is 10.0. The number of hydrogen-bond acceptors (Lipinski definition) is 5. The van der Waals surface area contributed by atoms with Gasteiger partial charge in [0.15, 0.2) is 5.43 Å². The number of thiol groups is 2. The zero-order chi connectivity index (χ0) is 14.3. The van der Waals surface area contributed by atoms with E-state index in [4.69, 9.17) is 0 Å². The monoisotopic (exact) mass is 301 g/mol. The number of carbonyl (C=O) groups is 2. The van der Waals surface area contributed by atoms with Gasteiger partial charge in [-0.3, -0.25) is 14.4 Å². The number of carbonyl (C=O) groups excluding carboxylic acids is 2. The topological polar surface area (TPSA) is 91.1 Å². The van der Waals surface area contributed by atoms with Crippen molar-refractivity contribution in [2.24, 2.45) is 0 Å². The first-order valence-electron chi connectivity index (χ1n) is 5.61. The fourth-order valence-corrected chi connectivity index (χ4v) is 1.54. The van der Waals surface area contributed by atoms with Crippen LogP contribution in [0.25, 0.3) is 0 Å². The molecule has 2 amide bonds. The Hall–Kier alpha value is -1.41. The van der Waals surface area contributed by atoms with Crippen LogP contribution in [-0.4, -0.2) is 41.4 Å². The van der Waals surface area contributed by atoms with E-state index in [1.807, 2.05) is 0 Å². The van der Waals surface area contributed by atoms with Crippen LogP contribution >= 0.6 is 25.3 Å². The quantitative estimate of drug-likeness (QED) is 0.467. The molecule has 104 valence electrons. The number of aromatic nitrogens is 1. The summed E-state index contributed by atoms with van der Waals surface area (Å²) in [4.78, 5) is 37.5. The second-order valence-corrected chi connectivity index (χ2v) is 4.50. The lowest BCUT2D eigenvalue weighted by Gasteiger charge is -2.07. The first-order chi connectivity index (χ1) is 9.08. The minimum atomic E-state index is -0.449. The summed E-state index contributed by atoms with van der Waals surface area (Å²) in [7, 11) is 0. The molecular weight excluding hydrogens is 286 g/mol. The number of hydrogen-bond donors (Lipinski definition) is 5. The molecule has 0 fully saturated rings. The second-order valence-electron chi connectivity index (χ2n) is 3.60. The van der Waals surface area contributed by atoms with Crippen LogP contribution < -0.4 is 16.1 Å². The Morgan fingerprint density at radius 3 is 1.79 bits per heavy atom. The smallest absolute Gasteiger partial charge is 0.267 e. The SMILES string of the molecule is O=C(NCCS)c1cc(=O)cc(C(=O)NCCS)[nH]1. The van der Waals surface area contributed by atoms with Gasteiger partial charge in [-0.05, 0) is 0 Å². The van der Waals surface area contributed by atoms with Crippen LogP contribution in [0, 0.1) is 0 Å². The summed E-state index contributed by atoms with van der Waals surface area (Å²) >= 11 is 7.92. The number of pyridine rings is 1. The Morgan fingerprint density at radius 2 is 1.42 bits per heavy atom. The molecule has 0 saturated carbocycles. The van der Waals surface area contributed by atoms with Crippen LogP contribution in [0.3, 0.4) is 0 Å². The summed E-state index contributed by atoms with van der Waals surface area (Å²) in [6, 6.07) is 2.28. The maximum atomic E-state index is 11.7. The van der Waals surface area contributed by atoms with Gasteiger partial charge in [0.05, 0.1) is 0 Å². The van der Waals surface area contributed by atoms with Gasteiger partial charge >= 0.3 is 0 Å². The average molecular weight is 301 g/mol. The molecule has 0 aromatic carbocycles. The molecule has 3 N–H and O–H groups in total. The summed E-state index contributed by atoms with van der Waals surface area (Å²) in [5.74, 6) is 0.0703. The Bertz CT molecular complexity index is 475. The van der Waals surface area contributed by atoms with Crippen LogP contribution in [-0.2, 0) is 0 Å². The highest BCUT2D eigenvalue weighted by Gasteiger charge is 2.11.